The van der Waals surface area contributed by atoms with E-state index in [1.54, 1.807) is 0 Å². The monoisotopic (exact) mass is 162 g/mol. The Morgan fingerprint density at radius 2 is 1.17 bits per heavy atom. The third kappa shape index (κ3) is 53.2. The van der Waals surface area contributed by atoms with Crippen molar-refractivity contribution < 1.29 is 0 Å². The van der Waals surface area contributed by atoms with Crippen LogP contribution in [-0.4, -0.2) is 21.2 Å². The van der Waals surface area contributed by atoms with Gasteiger partial charge in [0.05, 0.1) is 0 Å². The Labute approximate surface area is 62.9 Å². The fourth-order valence-corrected chi connectivity index (χ4v) is 0. The van der Waals surface area contributed by atoms with Crippen LogP contribution in [0.2, 0.25) is 0 Å². The lowest BCUT2D eigenvalue weighted by Gasteiger charge is -1.94. The highest BCUT2D eigenvalue weighted by atomic mass is 35.6. The first kappa shape index (κ1) is 10.4. The Morgan fingerprint density at radius 1 is 1.17 bits per heavy atom. The molecule has 0 amide bonds. The third-order valence-corrected chi connectivity index (χ3v) is 0. The molecule has 0 heterocycles. The second-order valence-electron chi connectivity index (χ2n) is 0.781. The van der Waals surface area contributed by atoms with Crippen molar-refractivity contribution in [3.63, 3.8) is 0 Å². The van der Waals surface area contributed by atoms with Crippen molar-refractivity contribution in [1.82, 2.24) is 0 Å². The Kier molecular flexibility index (Phi) is 5.91. The van der Waals surface area contributed by atoms with Crippen LogP contribution in [0.3, 0.4) is 0 Å². The van der Waals surface area contributed by atoms with E-state index in [1.807, 2.05) is 0 Å². The Balaban J connectivity index is 0. The van der Waals surface area contributed by atoms with E-state index >= 15 is 0 Å². The number of rotatable bonds is 0. The van der Waals surface area contributed by atoms with E-state index in [0.717, 1.165) is 0 Å². The quantitative estimate of drug-likeness (QED) is 0.372. The maximum atomic E-state index is 5.06. The molecule has 0 rings (SSSR count). The van der Waals surface area contributed by atoms with Gasteiger partial charge in [-0.15, -0.1) is 0 Å². The van der Waals surface area contributed by atoms with E-state index in [9.17, 15) is 0 Å². The van der Waals surface area contributed by atoms with Crippen LogP contribution < -0.4 is 0 Å². The number of hydrogen-bond donors (Lipinski definition) is 0. The van der Waals surface area contributed by atoms with Crippen LogP contribution in [0.1, 0.15) is 6.92 Å². The normalized spacial score (nSPS) is 10.0. The molecule has 0 atom stereocenters. The minimum Gasteiger partial charge on any atom is -0.0840 e. The molecule has 0 N–H and O–H groups in total. The van der Waals surface area contributed by atoms with E-state index in [1.165, 1.54) is 6.92 Å². The molecule has 0 unspecified atom stereocenters. The molecule has 0 fully saturated rings. The first-order valence-corrected chi connectivity index (χ1v) is 2.20. The molecular weight excluding hydrogens is 157 g/mol. The summed E-state index contributed by atoms with van der Waals surface area (Å²) in [6.45, 7) is 1.48. The first-order valence-electron chi connectivity index (χ1n) is 1.07. The lowest BCUT2D eigenvalue weighted by molar-refractivity contribution is 1.27. The minimum absolute atomic E-state index is 0. The highest BCUT2D eigenvalue weighted by molar-refractivity contribution is 6.67. The van der Waals surface area contributed by atoms with Crippen molar-refractivity contribution in [2.24, 2.45) is 0 Å². The molecule has 0 aromatic rings. The lowest BCUT2D eigenvalue weighted by Crippen LogP contribution is -1.87. The molecule has 0 aliphatic rings. The zero-order valence-corrected chi connectivity index (χ0v) is 4.90. The van der Waals surface area contributed by atoms with Gasteiger partial charge in [0.2, 0.25) is 0 Å². The van der Waals surface area contributed by atoms with Gasteiger partial charge in [0.25, 0.3) is 0 Å². The van der Waals surface area contributed by atoms with Crippen molar-refractivity contribution in [3.8, 4) is 0 Å². The summed E-state index contributed by atoms with van der Waals surface area (Å²) in [4.78, 5) is 0. The molecule has 0 saturated heterocycles. The second-order valence-corrected chi connectivity index (χ2v) is 3.63. The van der Waals surface area contributed by atoms with Crippen molar-refractivity contribution in [2.75, 3.05) is 0 Å². The Hall–Kier alpha value is 1.40. The molecule has 0 aliphatic heterocycles. The standard InChI is InChI=1S/C2H3Cl3.Al.3H/c1-2(3,4)5;;;;/h1H3;;;;. The Bertz CT molecular complexity index is 24.3. The summed E-state index contributed by atoms with van der Waals surface area (Å²) in [5, 5.41) is 0. The number of halogens is 3. The van der Waals surface area contributed by atoms with Crippen LogP contribution in [0.25, 0.3) is 0 Å². The van der Waals surface area contributed by atoms with Crippen LogP contribution in [0.4, 0.5) is 0 Å². The van der Waals surface area contributed by atoms with Gasteiger partial charge in [-0.3, -0.25) is 0 Å². The zero-order chi connectivity index (χ0) is 4.50. The predicted octanol–water partition coefficient (Wildman–Crippen LogP) is 1.19. The predicted molar refractivity (Wildman–Crippen MR) is 35.9 cm³/mol. The van der Waals surface area contributed by atoms with Gasteiger partial charge in [0.1, 0.15) is 0 Å². The van der Waals surface area contributed by atoms with Gasteiger partial charge in [0, 0.05) is 0 Å². The van der Waals surface area contributed by atoms with E-state index in [0.29, 0.717) is 0 Å². The van der Waals surface area contributed by atoms with Crippen LogP contribution in [0.15, 0.2) is 0 Å². The van der Waals surface area contributed by atoms with E-state index in [-0.39, 0.29) is 17.4 Å². The van der Waals surface area contributed by atoms with Crippen LogP contribution in [0, 0.1) is 0 Å². The van der Waals surface area contributed by atoms with Crippen molar-refractivity contribution in [3.05, 3.63) is 0 Å². The summed E-state index contributed by atoms with van der Waals surface area (Å²) < 4.78 is -1.08. The van der Waals surface area contributed by atoms with Crippen LogP contribution in [0.5, 0.6) is 0 Å². The average Bonchev–Trinajstić information content (AvgIpc) is 0.722. The molecule has 4 heteroatoms. The van der Waals surface area contributed by atoms with Crippen molar-refractivity contribution in [1.29, 1.82) is 0 Å². The van der Waals surface area contributed by atoms with Crippen molar-refractivity contribution in [2.45, 2.75) is 10.7 Å². The molecule has 0 spiro atoms. The molecule has 0 bridgehead atoms. The molecule has 6 heavy (non-hydrogen) atoms. The maximum absolute atomic E-state index is 5.06. The Morgan fingerprint density at radius 3 is 1.17 bits per heavy atom. The second kappa shape index (κ2) is 3.41. The van der Waals surface area contributed by atoms with Crippen molar-refractivity contribution >= 4 is 52.2 Å². The highest BCUT2D eigenvalue weighted by Gasteiger charge is 2.07. The first-order chi connectivity index (χ1) is 2.00. The van der Waals surface area contributed by atoms with Gasteiger partial charge >= 0.3 is 0 Å². The summed E-state index contributed by atoms with van der Waals surface area (Å²) in [7, 11) is 0. The minimum atomic E-state index is -1.08. The van der Waals surface area contributed by atoms with Gasteiger partial charge in [-0.1, -0.05) is 34.8 Å². The van der Waals surface area contributed by atoms with Crippen LogP contribution in [-0.2, 0) is 0 Å². The number of hydrogen-bond acceptors (Lipinski definition) is 0. The van der Waals surface area contributed by atoms with Gasteiger partial charge in [0.15, 0.2) is 21.2 Å². The summed E-state index contributed by atoms with van der Waals surface area (Å²) >= 11 is 15.2. The van der Waals surface area contributed by atoms with Gasteiger partial charge in [-0.25, -0.2) is 0 Å². The van der Waals surface area contributed by atoms with Gasteiger partial charge in [-0.2, -0.15) is 0 Å². The maximum Gasteiger partial charge on any atom is 0.187 e. The average molecular weight is 163 g/mol. The van der Waals surface area contributed by atoms with E-state index < -0.39 is 3.79 Å². The zero-order valence-electron chi connectivity index (χ0n) is 2.63. The molecule has 0 aromatic heterocycles. The highest BCUT2D eigenvalue weighted by Crippen LogP contribution is 2.23. The van der Waals surface area contributed by atoms with Gasteiger partial charge in [-0.05, 0) is 6.92 Å². The fourth-order valence-electron chi connectivity index (χ4n) is 0. The largest absolute Gasteiger partial charge is 0.187 e. The smallest absolute Gasteiger partial charge is 0.0840 e. The summed E-state index contributed by atoms with van der Waals surface area (Å²) in [5.41, 5.74) is 0. The summed E-state index contributed by atoms with van der Waals surface area (Å²) in [6.07, 6.45) is 0. The number of alkyl halides is 3. The summed E-state index contributed by atoms with van der Waals surface area (Å²) in [6, 6.07) is 0. The molecule has 0 aliphatic carbocycles. The molecule has 0 saturated carbocycles. The molecular formula is C2H6AlCl3. The van der Waals surface area contributed by atoms with Crippen LogP contribution >= 0.6 is 34.8 Å². The lowest BCUT2D eigenvalue weighted by atomic mass is 10.9. The van der Waals surface area contributed by atoms with E-state index in [4.69, 9.17) is 34.8 Å². The molecule has 0 nitrogen and oxygen atoms in total. The third-order valence-electron chi connectivity index (χ3n) is 0. The van der Waals surface area contributed by atoms with Gasteiger partial charge < -0.3 is 0 Å². The topological polar surface area (TPSA) is 0 Å². The SMILES string of the molecule is CC(Cl)(Cl)Cl.[AlH3]. The fraction of sp³-hybridized carbons (Fsp3) is 1.00. The summed E-state index contributed by atoms with van der Waals surface area (Å²) in [5.74, 6) is 0. The molecule has 38 valence electrons. The van der Waals surface area contributed by atoms with E-state index in [2.05, 4.69) is 0 Å². The molecule has 0 aromatic carbocycles. The molecule has 0 radical (unpaired) electrons.